The van der Waals surface area contributed by atoms with E-state index in [2.05, 4.69) is 35.5 Å². The van der Waals surface area contributed by atoms with Crippen LogP contribution in [-0.4, -0.2) is 46.5 Å². The van der Waals surface area contributed by atoms with Gasteiger partial charge >= 0.3 is 0 Å². The Hall–Kier alpha value is -4.15. The van der Waals surface area contributed by atoms with E-state index < -0.39 is 6.23 Å². The van der Waals surface area contributed by atoms with Gasteiger partial charge in [0, 0.05) is 29.7 Å². The van der Waals surface area contributed by atoms with Crippen molar-refractivity contribution in [2.24, 2.45) is 0 Å². The molecule has 0 aliphatic rings. The van der Waals surface area contributed by atoms with Crippen LogP contribution >= 0.6 is 11.3 Å². The van der Waals surface area contributed by atoms with Crippen LogP contribution in [0.2, 0.25) is 0 Å². The normalized spacial score (nSPS) is 12.4. The fourth-order valence-electron chi connectivity index (χ4n) is 4.10. The maximum absolute atomic E-state index is 10.1. The first-order chi connectivity index (χ1) is 17.2. The van der Waals surface area contributed by atoms with Crippen molar-refractivity contribution in [2.45, 2.75) is 26.0 Å². The highest BCUT2D eigenvalue weighted by Crippen LogP contribution is 2.33. The summed E-state index contributed by atoms with van der Waals surface area (Å²) in [4.78, 5) is 22.8. The first-order valence-corrected chi connectivity index (χ1v) is 12.2. The number of aromatic amines is 2. The number of hydrogen-bond acceptors (Lipinski definition) is 8. The molecule has 0 bridgehead atoms. The minimum absolute atomic E-state index is 0.611. The number of aliphatic hydroxyl groups excluding tert-OH is 1. The molecule has 0 radical (unpaired) electrons. The number of aromatic nitrogens is 7. The SMILES string of the molecule is CCCC(O)Nc1cncc(-c2cnc3[nH]nc(-c4nc5c(-c6cccs6)nccc5[nH]4)c3c2)c1. The number of imidazole rings is 1. The molecule has 10 heteroatoms. The van der Waals surface area contributed by atoms with E-state index in [0.29, 0.717) is 23.6 Å². The average molecular weight is 483 g/mol. The third-order valence-corrected chi connectivity index (χ3v) is 6.64. The number of thiophene rings is 1. The summed E-state index contributed by atoms with van der Waals surface area (Å²) in [6, 6.07) is 9.94. The van der Waals surface area contributed by atoms with Crippen molar-refractivity contribution in [2.75, 3.05) is 5.32 Å². The number of rotatable bonds is 7. The standard InChI is InChI=1S/C25H22N8OS/c1-2-4-20(34)29-16-9-14(11-26-13-16)15-10-17-21(32-33-24(17)28-12-15)25-30-18-6-7-27-23(22(18)31-25)19-5-3-8-35-19/h3,5-13,20,29,34H,2,4H2,1H3,(H,30,31)(H,28,32,33). The highest BCUT2D eigenvalue weighted by atomic mass is 32.1. The van der Waals surface area contributed by atoms with E-state index in [0.717, 1.165) is 50.2 Å². The Balaban J connectivity index is 1.40. The Morgan fingerprint density at radius 1 is 1.09 bits per heavy atom. The second-order valence-corrected chi connectivity index (χ2v) is 9.17. The van der Waals surface area contributed by atoms with Crippen molar-refractivity contribution in [3.05, 3.63) is 60.5 Å². The molecule has 174 valence electrons. The van der Waals surface area contributed by atoms with Gasteiger partial charge in [-0.3, -0.25) is 15.1 Å². The molecular formula is C25H22N8OS. The number of anilines is 1. The number of H-pyrrole nitrogens is 2. The van der Waals surface area contributed by atoms with Gasteiger partial charge in [0.15, 0.2) is 11.5 Å². The summed E-state index contributed by atoms with van der Waals surface area (Å²) in [5, 5.41) is 23.6. The van der Waals surface area contributed by atoms with E-state index in [9.17, 15) is 5.11 Å². The van der Waals surface area contributed by atoms with Gasteiger partial charge in [0.2, 0.25) is 0 Å². The van der Waals surface area contributed by atoms with Crippen molar-refractivity contribution in [3.63, 3.8) is 0 Å². The molecule has 35 heavy (non-hydrogen) atoms. The summed E-state index contributed by atoms with van der Waals surface area (Å²) in [5.41, 5.74) is 6.42. The molecule has 6 heterocycles. The summed E-state index contributed by atoms with van der Waals surface area (Å²) >= 11 is 1.63. The fourth-order valence-corrected chi connectivity index (χ4v) is 4.82. The number of hydrogen-bond donors (Lipinski definition) is 4. The molecule has 0 aliphatic heterocycles. The summed E-state index contributed by atoms with van der Waals surface area (Å²) < 4.78 is 0. The zero-order valence-corrected chi connectivity index (χ0v) is 19.7. The Kier molecular flexibility index (Phi) is 5.44. The molecule has 0 fully saturated rings. The van der Waals surface area contributed by atoms with Gasteiger partial charge in [0.25, 0.3) is 0 Å². The maximum atomic E-state index is 10.1. The first kappa shape index (κ1) is 21.4. The summed E-state index contributed by atoms with van der Waals surface area (Å²) in [5.74, 6) is 0.646. The van der Waals surface area contributed by atoms with E-state index in [1.807, 2.05) is 42.6 Å². The van der Waals surface area contributed by atoms with Crippen molar-refractivity contribution in [1.82, 2.24) is 35.1 Å². The number of fused-ring (bicyclic) bond motifs is 2. The molecule has 0 amide bonds. The minimum Gasteiger partial charge on any atom is -0.374 e. The van der Waals surface area contributed by atoms with Crippen LogP contribution in [0.1, 0.15) is 19.8 Å². The maximum Gasteiger partial charge on any atom is 0.159 e. The lowest BCUT2D eigenvalue weighted by Crippen LogP contribution is -2.18. The lowest BCUT2D eigenvalue weighted by atomic mass is 10.1. The Labute approximate surface area is 204 Å². The van der Waals surface area contributed by atoms with Crippen molar-refractivity contribution < 1.29 is 5.11 Å². The van der Waals surface area contributed by atoms with Crippen LogP contribution in [0, 0.1) is 0 Å². The van der Waals surface area contributed by atoms with Crippen molar-refractivity contribution in [1.29, 1.82) is 0 Å². The largest absolute Gasteiger partial charge is 0.374 e. The Bertz CT molecular complexity index is 1620. The second-order valence-electron chi connectivity index (χ2n) is 8.22. The molecule has 6 aromatic rings. The molecule has 1 unspecified atom stereocenters. The van der Waals surface area contributed by atoms with Crippen LogP contribution in [0.5, 0.6) is 0 Å². The van der Waals surface area contributed by atoms with Crippen molar-refractivity contribution in [3.8, 4) is 33.2 Å². The topological polar surface area (TPSA) is 128 Å². The second kappa shape index (κ2) is 8.90. The van der Waals surface area contributed by atoms with Crippen LogP contribution in [0.15, 0.2) is 60.5 Å². The minimum atomic E-state index is -0.611. The molecular weight excluding hydrogens is 460 g/mol. The molecule has 6 aromatic heterocycles. The number of pyridine rings is 3. The summed E-state index contributed by atoms with van der Waals surface area (Å²) in [7, 11) is 0. The lowest BCUT2D eigenvalue weighted by Gasteiger charge is -2.13. The van der Waals surface area contributed by atoms with Crippen LogP contribution in [0.4, 0.5) is 5.69 Å². The molecule has 9 nitrogen and oxygen atoms in total. The van der Waals surface area contributed by atoms with E-state index in [1.165, 1.54) is 0 Å². The van der Waals surface area contributed by atoms with Gasteiger partial charge in [-0.05, 0) is 36.1 Å². The zero-order valence-electron chi connectivity index (χ0n) is 18.9. The predicted octanol–water partition coefficient (Wildman–Crippen LogP) is 5.22. The van der Waals surface area contributed by atoms with E-state index in [-0.39, 0.29) is 0 Å². The van der Waals surface area contributed by atoms with E-state index in [1.54, 1.807) is 36.1 Å². The van der Waals surface area contributed by atoms with E-state index >= 15 is 0 Å². The van der Waals surface area contributed by atoms with Gasteiger partial charge in [-0.1, -0.05) is 19.4 Å². The third kappa shape index (κ3) is 4.02. The highest BCUT2D eigenvalue weighted by molar-refractivity contribution is 7.13. The quantitative estimate of drug-likeness (QED) is 0.230. The fraction of sp³-hybridized carbons (Fsp3) is 0.160. The first-order valence-electron chi connectivity index (χ1n) is 11.3. The number of aliphatic hydroxyl groups is 1. The molecule has 6 rings (SSSR count). The van der Waals surface area contributed by atoms with Gasteiger partial charge in [-0.25, -0.2) is 9.97 Å². The molecule has 0 saturated carbocycles. The molecule has 0 aliphatic carbocycles. The average Bonchev–Trinajstić information content (AvgIpc) is 3.63. The Morgan fingerprint density at radius 2 is 2.00 bits per heavy atom. The van der Waals surface area contributed by atoms with Crippen LogP contribution in [0.3, 0.4) is 0 Å². The van der Waals surface area contributed by atoms with Gasteiger partial charge < -0.3 is 15.4 Å². The molecule has 0 aromatic carbocycles. The van der Waals surface area contributed by atoms with Crippen molar-refractivity contribution >= 4 is 39.1 Å². The Morgan fingerprint density at radius 3 is 2.86 bits per heavy atom. The monoisotopic (exact) mass is 482 g/mol. The van der Waals surface area contributed by atoms with Crippen LogP contribution in [-0.2, 0) is 0 Å². The smallest absolute Gasteiger partial charge is 0.159 e. The van der Waals surface area contributed by atoms with Gasteiger partial charge in [0.05, 0.1) is 27.7 Å². The molecule has 0 saturated heterocycles. The highest BCUT2D eigenvalue weighted by Gasteiger charge is 2.17. The summed E-state index contributed by atoms with van der Waals surface area (Å²) in [6.07, 6.45) is 7.98. The predicted molar refractivity (Wildman–Crippen MR) is 138 cm³/mol. The van der Waals surface area contributed by atoms with Gasteiger partial charge in [-0.2, -0.15) is 5.10 Å². The zero-order chi connectivity index (χ0) is 23.8. The molecule has 1 atom stereocenters. The summed E-state index contributed by atoms with van der Waals surface area (Å²) in [6.45, 7) is 2.03. The van der Waals surface area contributed by atoms with Crippen LogP contribution < -0.4 is 5.32 Å². The third-order valence-electron chi connectivity index (χ3n) is 5.76. The van der Waals surface area contributed by atoms with E-state index in [4.69, 9.17) is 4.98 Å². The molecule has 0 spiro atoms. The lowest BCUT2D eigenvalue weighted by molar-refractivity contribution is 0.192. The number of nitrogens with one attached hydrogen (secondary N) is 3. The molecule has 4 N–H and O–H groups in total. The van der Waals surface area contributed by atoms with Gasteiger partial charge in [-0.15, -0.1) is 11.3 Å². The number of nitrogens with zero attached hydrogens (tertiary/aromatic N) is 5. The van der Waals surface area contributed by atoms with Crippen LogP contribution in [0.25, 0.3) is 55.3 Å². The van der Waals surface area contributed by atoms with Gasteiger partial charge in [0.1, 0.15) is 23.1 Å².